The van der Waals surface area contributed by atoms with Crippen LogP contribution in [0.15, 0.2) is 30.3 Å². The van der Waals surface area contributed by atoms with Gasteiger partial charge in [-0.1, -0.05) is 17.7 Å². The van der Waals surface area contributed by atoms with Gasteiger partial charge >= 0.3 is 0 Å². The Kier molecular flexibility index (Phi) is 5.57. The second-order valence-corrected chi connectivity index (χ2v) is 6.35. The van der Waals surface area contributed by atoms with Crippen LogP contribution in [0.1, 0.15) is 27.3 Å². The molecule has 0 unspecified atom stereocenters. The van der Waals surface area contributed by atoms with E-state index in [1.807, 2.05) is 62.7 Å². The van der Waals surface area contributed by atoms with Gasteiger partial charge in [0.15, 0.2) is 5.78 Å². The number of Topliss-reactive ketones (excluding diaryl/α,β-unsaturated/α-hetero) is 1. The SMILES string of the molecule is Cc1ccc(NC(=O)CN(C)CC(=O)c2cc(C)n(C)c2C)cc1. The minimum absolute atomic E-state index is 0.0295. The van der Waals surface area contributed by atoms with E-state index in [1.54, 1.807) is 11.9 Å². The first-order chi connectivity index (χ1) is 11.3. The molecule has 1 heterocycles. The number of anilines is 1. The van der Waals surface area contributed by atoms with Crippen LogP contribution in [-0.4, -0.2) is 41.3 Å². The number of aromatic nitrogens is 1. The lowest BCUT2D eigenvalue weighted by Gasteiger charge is -2.15. The lowest BCUT2D eigenvalue weighted by atomic mass is 10.1. The number of hydrogen-bond acceptors (Lipinski definition) is 3. The number of carbonyl (C=O) groups excluding carboxylic acids is 2. The molecule has 0 aliphatic carbocycles. The van der Waals surface area contributed by atoms with Crippen molar-refractivity contribution in [3.05, 3.63) is 52.8 Å². The first kappa shape index (κ1) is 17.9. The van der Waals surface area contributed by atoms with E-state index in [-0.39, 0.29) is 24.8 Å². The van der Waals surface area contributed by atoms with E-state index in [9.17, 15) is 9.59 Å². The van der Waals surface area contributed by atoms with Crippen LogP contribution in [-0.2, 0) is 11.8 Å². The van der Waals surface area contributed by atoms with Crippen molar-refractivity contribution in [2.24, 2.45) is 7.05 Å². The predicted molar refractivity (Wildman–Crippen MR) is 96.5 cm³/mol. The summed E-state index contributed by atoms with van der Waals surface area (Å²) in [4.78, 5) is 26.2. The largest absolute Gasteiger partial charge is 0.351 e. The fraction of sp³-hybridized carbons (Fsp3) is 0.368. The van der Waals surface area contributed by atoms with Gasteiger partial charge in [0.2, 0.25) is 5.91 Å². The summed E-state index contributed by atoms with van der Waals surface area (Å²) in [5, 5.41) is 2.84. The predicted octanol–water partition coefficient (Wildman–Crippen LogP) is 2.70. The molecule has 0 aliphatic rings. The summed E-state index contributed by atoms with van der Waals surface area (Å²) < 4.78 is 2.00. The molecule has 1 amide bonds. The van der Waals surface area contributed by atoms with Crippen molar-refractivity contribution in [3.8, 4) is 0 Å². The topological polar surface area (TPSA) is 54.3 Å². The maximum absolute atomic E-state index is 12.4. The number of aryl methyl sites for hydroxylation is 2. The van der Waals surface area contributed by atoms with E-state index in [0.29, 0.717) is 0 Å². The summed E-state index contributed by atoms with van der Waals surface area (Å²) >= 11 is 0. The minimum atomic E-state index is -0.130. The molecule has 1 aromatic heterocycles. The Morgan fingerprint density at radius 2 is 1.71 bits per heavy atom. The third-order valence-corrected chi connectivity index (χ3v) is 4.24. The summed E-state index contributed by atoms with van der Waals surface area (Å²) in [5.41, 5.74) is 4.63. The van der Waals surface area contributed by atoms with Crippen molar-refractivity contribution in [2.45, 2.75) is 20.8 Å². The Hall–Kier alpha value is -2.40. The molecule has 0 bridgehead atoms. The summed E-state index contributed by atoms with van der Waals surface area (Å²) in [6.07, 6.45) is 0. The summed E-state index contributed by atoms with van der Waals surface area (Å²) in [6.45, 7) is 6.29. The first-order valence-corrected chi connectivity index (χ1v) is 7.99. The van der Waals surface area contributed by atoms with E-state index in [4.69, 9.17) is 0 Å². The molecule has 128 valence electrons. The van der Waals surface area contributed by atoms with E-state index in [2.05, 4.69) is 5.32 Å². The van der Waals surface area contributed by atoms with Gasteiger partial charge in [0.05, 0.1) is 13.1 Å². The van der Waals surface area contributed by atoms with Crippen LogP contribution >= 0.6 is 0 Å². The van der Waals surface area contributed by atoms with Crippen LogP contribution < -0.4 is 5.32 Å². The van der Waals surface area contributed by atoms with Crippen LogP contribution in [0.3, 0.4) is 0 Å². The van der Waals surface area contributed by atoms with Crippen molar-refractivity contribution < 1.29 is 9.59 Å². The highest BCUT2D eigenvalue weighted by Crippen LogP contribution is 2.14. The zero-order chi connectivity index (χ0) is 17.9. The molecule has 0 radical (unpaired) electrons. The number of amides is 1. The highest BCUT2D eigenvalue weighted by molar-refractivity contribution is 5.99. The number of likely N-dealkylation sites (N-methyl/N-ethyl adjacent to an activating group) is 1. The van der Waals surface area contributed by atoms with Crippen LogP contribution in [0.4, 0.5) is 5.69 Å². The zero-order valence-electron chi connectivity index (χ0n) is 15.0. The Morgan fingerprint density at radius 1 is 1.08 bits per heavy atom. The molecule has 24 heavy (non-hydrogen) atoms. The molecule has 0 atom stereocenters. The fourth-order valence-corrected chi connectivity index (χ4v) is 2.61. The molecule has 0 saturated heterocycles. The van der Waals surface area contributed by atoms with Crippen molar-refractivity contribution in [1.29, 1.82) is 0 Å². The fourth-order valence-electron chi connectivity index (χ4n) is 2.61. The summed E-state index contributed by atoms with van der Waals surface area (Å²) in [6, 6.07) is 9.54. The molecule has 0 fully saturated rings. The highest BCUT2D eigenvalue weighted by Gasteiger charge is 2.17. The van der Waals surface area contributed by atoms with Crippen molar-refractivity contribution in [2.75, 3.05) is 25.5 Å². The lowest BCUT2D eigenvalue weighted by molar-refractivity contribution is -0.116. The van der Waals surface area contributed by atoms with Crippen molar-refractivity contribution in [1.82, 2.24) is 9.47 Å². The van der Waals surface area contributed by atoms with Gasteiger partial charge in [-0.15, -0.1) is 0 Å². The molecule has 2 rings (SSSR count). The molecular weight excluding hydrogens is 302 g/mol. The number of rotatable bonds is 6. The second-order valence-electron chi connectivity index (χ2n) is 6.35. The minimum Gasteiger partial charge on any atom is -0.351 e. The highest BCUT2D eigenvalue weighted by atomic mass is 16.2. The van der Waals surface area contributed by atoms with Crippen LogP contribution in [0, 0.1) is 20.8 Å². The van der Waals surface area contributed by atoms with Gasteiger partial charge in [-0.2, -0.15) is 0 Å². The summed E-state index contributed by atoms with van der Waals surface area (Å²) in [7, 11) is 3.72. The Labute approximate surface area is 143 Å². The molecule has 0 spiro atoms. The quantitative estimate of drug-likeness (QED) is 0.830. The van der Waals surface area contributed by atoms with E-state index in [1.165, 1.54) is 0 Å². The monoisotopic (exact) mass is 327 g/mol. The molecule has 1 aromatic carbocycles. The smallest absolute Gasteiger partial charge is 0.238 e. The zero-order valence-corrected chi connectivity index (χ0v) is 15.0. The van der Waals surface area contributed by atoms with Gasteiger partial charge in [0.25, 0.3) is 0 Å². The molecule has 0 aliphatic heterocycles. The third kappa shape index (κ3) is 4.32. The normalized spacial score (nSPS) is 10.9. The molecule has 5 heteroatoms. The number of benzene rings is 1. The Balaban J connectivity index is 1.91. The van der Waals surface area contributed by atoms with Gasteiger partial charge in [0, 0.05) is 29.7 Å². The summed E-state index contributed by atoms with van der Waals surface area (Å²) in [5.74, 6) is -0.100. The number of hydrogen-bond donors (Lipinski definition) is 1. The standard InChI is InChI=1S/C19H25N3O2/c1-13-6-8-16(9-7-13)20-19(24)12-21(4)11-18(23)17-10-14(2)22(5)15(17)3/h6-10H,11-12H2,1-5H3,(H,20,24). The molecule has 2 aromatic rings. The van der Waals surface area contributed by atoms with Gasteiger partial charge in [-0.25, -0.2) is 0 Å². The van der Waals surface area contributed by atoms with Crippen LogP contribution in [0.5, 0.6) is 0 Å². The van der Waals surface area contributed by atoms with Gasteiger partial charge in [-0.3, -0.25) is 14.5 Å². The van der Waals surface area contributed by atoms with E-state index >= 15 is 0 Å². The van der Waals surface area contributed by atoms with Gasteiger partial charge in [0.1, 0.15) is 0 Å². The number of nitrogens with zero attached hydrogens (tertiary/aromatic N) is 2. The van der Waals surface area contributed by atoms with Crippen LogP contribution in [0.2, 0.25) is 0 Å². The first-order valence-electron chi connectivity index (χ1n) is 7.99. The number of nitrogens with one attached hydrogen (secondary N) is 1. The Bertz CT molecular complexity index is 745. The molecule has 0 saturated carbocycles. The van der Waals surface area contributed by atoms with E-state index < -0.39 is 0 Å². The lowest BCUT2D eigenvalue weighted by Crippen LogP contribution is -2.34. The Morgan fingerprint density at radius 3 is 2.25 bits per heavy atom. The van der Waals surface area contributed by atoms with Crippen LogP contribution in [0.25, 0.3) is 0 Å². The average molecular weight is 327 g/mol. The van der Waals surface area contributed by atoms with Gasteiger partial charge < -0.3 is 9.88 Å². The van der Waals surface area contributed by atoms with Crippen molar-refractivity contribution in [3.63, 3.8) is 0 Å². The van der Waals surface area contributed by atoms with Gasteiger partial charge in [-0.05, 0) is 46.0 Å². The van der Waals surface area contributed by atoms with E-state index in [0.717, 1.165) is 28.2 Å². The maximum atomic E-state index is 12.4. The molecular formula is C19H25N3O2. The average Bonchev–Trinajstić information content (AvgIpc) is 2.77. The molecule has 1 N–H and O–H groups in total. The maximum Gasteiger partial charge on any atom is 0.238 e. The third-order valence-electron chi connectivity index (χ3n) is 4.24. The molecule has 5 nitrogen and oxygen atoms in total. The second kappa shape index (κ2) is 7.45. The van der Waals surface area contributed by atoms with Crippen molar-refractivity contribution >= 4 is 17.4 Å². The number of carbonyl (C=O) groups is 2. The number of ketones is 1.